The van der Waals surface area contributed by atoms with Crippen molar-refractivity contribution in [3.05, 3.63) is 79.0 Å². The van der Waals surface area contributed by atoms with Crippen molar-refractivity contribution in [1.82, 2.24) is 9.38 Å². The monoisotopic (exact) mass is 316 g/mol. The maximum Gasteiger partial charge on any atom is 0.138 e. The van der Waals surface area contributed by atoms with E-state index in [2.05, 4.69) is 77.5 Å². The molecule has 2 heterocycles. The van der Waals surface area contributed by atoms with E-state index in [-0.39, 0.29) is 0 Å². The lowest BCUT2D eigenvalue weighted by Crippen LogP contribution is -1.88. The first kappa shape index (κ1) is 14.1. The predicted molar refractivity (Wildman–Crippen MR) is 97.8 cm³/mol. The molecule has 0 saturated carbocycles. The van der Waals surface area contributed by atoms with Crippen molar-refractivity contribution in [1.29, 1.82) is 0 Å². The number of aromatic nitrogens is 2. The fourth-order valence-electron chi connectivity index (χ4n) is 2.80. The van der Waals surface area contributed by atoms with Crippen LogP contribution in [0, 0.1) is 0 Å². The van der Waals surface area contributed by atoms with Gasteiger partial charge >= 0.3 is 0 Å². The van der Waals surface area contributed by atoms with Gasteiger partial charge in [-0.2, -0.15) is 0 Å². The summed E-state index contributed by atoms with van der Waals surface area (Å²) < 4.78 is 2.19. The van der Waals surface area contributed by atoms with Crippen LogP contribution in [0.5, 0.6) is 0 Å². The molecule has 0 radical (unpaired) electrons. The van der Waals surface area contributed by atoms with Gasteiger partial charge in [-0.15, -0.1) is 11.8 Å². The molecule has 0 N–H and O–H groups in total. The van der Waals surface area contributed by atoms with E-state index in [0.29, 0.717) is 0 Å². The third-order valence-corrected chi connectivity index (χ3v) is 4.70. The van der Waals surface area contributed by atoms with E-state index in [4.69, 9.17) is 4.98 Å². The molecule has 0 amide bonds. The molecule has 0 spiro atoms. The van der Waals surface area contributed by atoms with Gasteiger partial charge in [-0.25, -0.2) is 4.98 Å². The first-order valence-electron chi connectivity index (χ1n) is 7.54. The molecule has 0 bridgehead atoms. The van der Waals surface area contributed by atoms with E-state index < -0.39 is 0 Å². The Morgan fingerprint density at radius 3 is 2.04 bits per heavy atom. The standard InChI is InChI=1S/C20H16N2S/c1-23-20-19(16-10-6-3-7-11-16)21-18-13-12-17(14-22(18)20)15-8-4-2-5-9-15/h2-14H,1H3. The zero-order valence-electron chi connectivity index (χ0n) is 12.8. The average Bonchev–Trinajstić information content (AvgIpc) is 3.01. The first-order valence-corrected chi connectivity index (χ1v) is 8.76. The van der Waals surface area contributed by atoms with E-state index in [0.717, 1.165) is 16.9 Å². The molecule has 3 heteroatoms. The third kappa shape index (κ3) is 2.53. The predicted octanol–water partition coefficient (Wildman–Crippen LogP) is 5.39. The van der Waals surface area contributed by atoms with Crippen molar-refractivity contribution in [2.75, 3.05) is 6.26 Å². The quantitative estimate of drug-likeness (QED) is 0.471. The second kappa shape index (κ2) is 5.94. The number of thioether (sulfide) groups is 1. The molecule has 0 aliphatic heterocycles. The van der Waals surface area contributed by atoms with Crippen LogP contribution < -0.4 is 0 Å². The number of hydrogen-bond donors (Lipinski definition) is 0. The molecule has 0 aliphatic rings. The van der Waals surface area contributed by atoms with Gasteiger partial charge in [0.2, 0.25) is 0 Å². The van der Waals surface area contributed by atoms with Crippen LogP contribution in [0.25, 0.3) is 28.0 Å². The highest BCUT2D eigenvalue weighted by atomic mass is 32.2. The number of benzene rings is 2. The molecule has 0 atom stereocenters. The lowest BCUT2D eigenvalue weighted by atomic mass is 10.1. The number of hydrogen-bond acceptors (Lipinski definition) is 2. The molecule has 112 valence electrons. The lowest BCUT2D eigenvalue weighted by molar-refractivity contribution is 1.06. The van der Waals surface area contributed by atoms with Crippen LogP contribution in [0.1, 0.15) is 0 Å². The molecule has 0 saturated heterocycles. The summed E-state index contributed by atoms with van der Waals surface area (Å²) in [4.78, 5) is 4.83. The Bertz CT molecular complexity index is 943. The molecular weight excluding hydrogens is 300 g/mol. The van der Waals surface area contributed by atoms with Crippen molar-refractivity contribution in [3.63, 3.8) is 0 Å². The van der Waals surface area contributed by atoms with E-state index in [9.17, 15) is 0 Å². The van der Waals surface area contributed by atoms with Crippen LogP contribution in [0.4, 0.5) is 0 Å². The minimum absolute atomic E-state index is 0.980. The summed E-state index contributed by atoms with van der Waals surface area (Å²) in [5.41, 5.74) is 5.60. The average molecular weight is 316 g/mol. The largest absolute Gasteiger partial charge is 0.294 e. The summed E-state index contributed by atoms with van der Waals surface area (Å²) in [5.74, 6) is 0. The number of imidazole rings is 1. The Kier molecular flexibility index (Phi) is 3.64. The van der Waals surface area contributed by atoms with Gasteiger partial charge in [0.25, 0.3) is 0 Å². The molecular formula is C20H16N2S. The van der Waals surface area contributed by atoms with Crippen LogP contribution in [-0.2, 0) is 0 Å². The van der Waals surface area contributed by atoms with Crippen molar-refractivity contribution in [2.24, 2.45) is 0 Å². The molecule has 4 aromatic rings. The molecule has 2 nitrogen and oxygen atoms in total. The smallest absolute Gasteiger partial charge is 0.138 e. The highest BCUT2D eigenvalue weighted by Gasteiger charge is 2.13. The highest BCUT2D eigenvalue weighted by Crippen LogP contribution is 2.32. The molecule has 4 rings (SSSR count). The van der Waals surface area contributed by atoms with Gasteiger partial charge in [0.05, 0.1) is 0 Å². The molecule has 2 aromatic carbocycles. The molecule has 0 fully saturated rings. The number of nitrogens with zero attached hydrogens (tertiary/aromatic N) is 2. The Labute approximate surface area is 139 Å². The fourth-order valence-corrected chi connectivity index (χ4v) is 3.50. The molecule has 2 aromatic heterocycles. The van der Waals surface area contributed by atoms with Gasteiger partial charge in [-0.3, -0.25) is 4.40 Å². The second-order valence-electron chi connectivity index (χ2n) is 5.35. The summed E-state index contributed by atoms with van der Waals surface area (Å²) in [5, 5.41) is 1.17. The molecule has 23 heavy (non-hydrogen) atoms. The molecule has 0 aliphatic carbocycles. The van der Waals surface area contributed by atoms with Crippen molar-refractivity contribution in [3.8, 4) is 22.4 Å². The third-order valence-electron chi connectivity index (χ3n) is 3.92. The van der Waals surface area contributed by atoms with Gasteiger partial charge in [0.1, 0.15) is 16.4 Å². The number of fused-ring (bicyclic) bond motifs is 1. The van der Waals surface area contributed by atoms with Crippen molar-refractivity contribution >= 4 is 17.4 Å². The minimum atomic E-state index is 0.980. The zero-order chi connectivity index (χ0) is 15.6. The second-order valence-corrected chi connectivity index (χ2v) is 6.14. The minimum Gasteiger partial charge on any atom is -0.294 e. The van der Waals surface area contributed by atoms with Crippen molar-refractivity contribution in [2.45, 2.75) is 5.03 Å². The van der Waals surface area contributed by atoms with Gasteiger partial charge < -0.3 is 0 Å². The highest BCUT2D eigenvalue weighted by molar-refractivity contribution is 7.98. The topological polar surface area (TPSA) is 17.3 Å². The normalized spacial score (nSPS) is 11.0. The van der Waals surface area contributed by atoms with Gasteiger partial charge in [0.15, 0.2) is 0 Å². The van der Waals surface area contributed by atoms with E-state index in [1.807, 2.05) is 12.1 Å². The summed E-state index contributed by atoms with van der Waals surface area (Å²) >= 11 is 1.73. The van der Waals surface area contributed by atoms with Crippen LogP contribution in [-0.4, -0.2) is 15.6 Å². The Balaban J connectivity index is 1.92. The van der Waals surface area contributed by atoms with E-state index >= 15 is 0 Å². The summed E-state index contributed by atoms with van der Waals surface area (Å²) in [6.07, 6.45) is 4.28. The van der Waals surface area contributed by atoms with Gasteiger partial charge in [-0.1, -0.05) is 60.7 Å². The Hall–Kier alpha value is -2.52. The van der Waals surface area contributed by atoms with Gasteiger partial charge in [-0.05, 0) is 29.5 Å². The van der Waals surface area contributed by atoms with Crippen LogP contribution in [0.15, 0.2) is 84.0 Å². The fraction of sp³-hybridized carbons (Fsp3) is 0.0500. The summed E-state index contributed by atoms with van der Waals surface area (Å²) in [6, 6.07) is 25.0. The summed E-state index contributed by atoms with van der Waals surface area (Å²) in [6.45, 7) is 0. The van der Waals surface area contributed by atoms with Crippen LogP contribution in [0.3, 0.4) is 0 Å². The molecule has 0 unspecified atom stereocenters. The Morgan fingerprint density at radius 2 is 1.39 bits per heavy atom. The van der Waals surface area contributed by atoms with Crippen LogP contribution >= 0.6 is 11.8 Å². The SMILES string of the molecule is CSc1c(-c2ccccc2)nc2ccc(-c3ccccc3)cn12. The number of pyridine rings is 1. The van der Waals surface area contributed by atoms with Crippen LogP contribution in [0.2, 0.25) is 0 Å². The maximum atomic E-state index is 4.83. The maximum absolute atomic E-state index is 4.83. The Morgan fingerprint density at radius 1 is 0.739 bits per heavy atom. The first-order chi connectivity index (χ1) is 11.4. The lowest BCUT2D eigenvalue weighted by Gasteiger charge is -2.05. The van der Waals surface area contributed by atoms with Gasteiger partial charge in [0, 0.05) is 11.8 Å². The zero-order valence-corrected chi connectivity index (χ0v) is 13.6. The van der Waals surface area contributed by atoms with E-state index in [1.165, 1.54) is 16.2 Å². The van der Waals surface area contributed by atoms with Crippen molar-refractivity contribution < 1.29 is 0 Å². The number of rotatable bonds is 3. The summed E-state index contributed by atoms with van der Waals surface area (Å²) in [7, 11) is 0. The van der Waals surface area contributed by atoms with E-state index in [1.54, 1.807) is 11.8 Å².